The van der Waals surface area contributed by atoms with E-state index in [1.54, 1.807) is 53.2 Å². The minimum atomic E-state index is -4.49. The molecule has 3 heterocycles. The van der Waals surface area contributed by atoms with Crippen molar-refractivity contribution in [3.05, 3.63) is 0 Å². The van der Waals surface area contributed by atoms with Crippen molar-refractivity contribution < 1.29 is 45.8 Å². The summed E-state index contributed by atoms with van der Waals surface area (Å²) in [6, 6.07) is 0. The van der Waals surface area contributed by atoms with Crippen LogP contribution in [-0.2, 0) is 42.9 Å². The van der Waals surface area contributed by atoms with Gasteiger partial charge in [-0.3, -0.25) is 0 Å². The van der Waals surface area contributed by atoms with E-state index in [4.69, 9.17) is 32.6 Å². The molecule has 0 aromatic carbocycles. The second kappa shape index (κ2) is 7.01. The Labute approximate surface area is 170 Å². The molecule has 3 aliphatic heterocycles. The number of nitrogens with one attached hydrogen (secondary N) is 1. The first-order chi connectivity index (χ1) is 13.0. The van der Waals surface area contributed by atoms with Crippen molar-refractivity contribution in [1.29, 1.82) is 0 Å². The lowest BCUT2D eigenvalue weighted by molar-refractivity contribution is -0.290. The molecule has 0 aromatic rings. The molecule has 11 nitrogen and oxygen atoms in total. The summed E-state index contributed by atoms with van der Waals surface area (Å²) in [5.41, 5.74) is -0.871. The molecule has 0 bridgehead atoms. The quantitative estimate of drug-likeness (QED) is 0.682. The molecule has 1 amide bonds. The molecule has 0 spiro atoms. The third kappa shape index (κ3) is 5.19. The van der Waals surface area contributed by atoms with E-state index in [0.717, 1.165) is 0 Å². The van der Waals surface area contributed by atoms with E-state index in [1.807, 2.05) is 0 Å². The standard InChI is InChI=1S/C17H29NO10S/c1-14(2,3)27-13(19)18-29(20,21)23-9-17-12(26-16(6,7)28-17)11-10(8-22-17)24-15(4,5)25-11/h10-12H,8-9H2,1-7H3,(H,18,19)/t10-,11-,12?,17+/m1/s1. The molecule has 3 aliphatic rings. The highest BCUT2D eigenvalue weighted by Crippen LogP contribution is 2.47. The molecule has 1 unspecified atom stereocenters. The summed E-state index contributed by atoms with van der Waals surface area (Å²) >= 11 is 0. The number of ether oxygens (including phenoxy) is 6. The maximum absolute atomic E-state index is 12.2. The SMILES string of the molecule is CC(C)(C)OC(=O)NS(=O)(=O)OC[C@@]12OC[C@H]3OC(C)(C)O[C@H]3C1OC(C)(C)O2. The molecule has 29 heavy (non-hydrogen) atoms. The third-order valence-corrected chi connectivity index (χ3v) is 5.14. The zero-order chi connectivity index (χ0) is 21.9. The molecule has 0 aromatic heterocycles. The first kappa shape index (κ1) is 22.7. The van der Waals surface area contributed by atoms with Gasteiger partial charge in [-0.25, -0.2) is 8.98 Å². The molecular formula is C17H29NO10S. The molecule has 3 fully saturated rings. The van der Waals surface area contributed by atoms with Crippen LogP contribution in [0, 0.1) is 0 Å². The summed E-state index contributed by atoms with van der Waals surface area (Å²) in [4.78, 5) is 11.8. The van der Waals surface area contributed by atoms with Crippen molar-refractivity contribution in [2.75, 3.05) is 13.2 Å². The van der Waals surface area contributed by atoms with Crippen LogP contribution < -0.4 is 4.72 Å². The van der Waals surface area contributed by atoms with Crippen LogP contribution >= 0.6 is 0 Å². The van der Waals surface area contributed by atoms with Crippen LogP contribution in [0.3, 0.4) is 0 Å². The van der Waals surface area contributed by atoms with Crippen LogP contribution in [0.15, 0.2) is 0 Å². The van der Waals surface area contributed by atoms with Crippen LogP contribution in [0.5, 0.6) is 0 Å². The first-order valence-electron chi connectivity index (χ1n) is 9.29. The highest BCUT2D eigenvalue weighted by atomic mass is 32.2. The number of carbonyl (C=O) groups excluding carboxylic acids is 1. The predicted octanol–water partition coefficient (Wildman–Crippen LogP) is 1.17. The summed E-state index contributed by atoms with van der Waals surface area (Å²) in [6.45, 7) is 11.2. The average Bonchev–Trinajstić information content (AvgIpc) is 2.94. The van der Waals surface area contributed by atoms with Gasteiger partial charge in [-0.2, -0.15) is 13.1 Å². The van der Waals surface area contributed by atoms with E-state index in [-0.39, 0.29) is 6.61 Å². The molecule has 12 heteroatoms. The number of carbonyl (C=O) groups is 1. The number of fused-ring (bicyclic) bond motifs is 3. The lowest BCUT2D eigenvalue weighted by Gasteiger charge is -2.40. The van der Waals surface area contributed by atoms with Gasteiger partial charge >= 0.3 is 16.4 Å². The molecule has 0 aliphatic carbocycles. The largest absolute Gasteiger partial charge is 0.443 e. The summed E-state index contributed by atoms with van der Waals surface area (Å²) in [5, 5.41) is 0. The predicted molar refractivity (Wildman–Crippen MR) is 96.8 cm³/mol. The van der Waals surface area contributed by atoms with Crippen molar-refractivity contribution in [2.45, 2.75) is 89.7 Å². The van der Waals surface area contributed by atoms with E-state index < -0.39 is 64.3 Å². The van der Waals surface area contributed by atoms with Crippen molar-refractivity contribution in [2.24, 2.45) is 0 Å². The zero-order valence-corrected chi connectivity index (χ0v) is 18.5. The molecule has 4 atom stereocenters. The Bertz CT molecular complexity index is 759. The summed E-state index contributed by atoms with van der Waals surface area (Å²) in [7, 11) is -4.49. The van der Waals surface area contributed by atoms with Gasteiger partial charge in [-0.1, -0.05) is 0 Å². The molecule has 1 N–H and O–H groups in total. The Morgan fingerprint density at radius 3 is 2.38 bits per heavy atom. The van der Waals surface area contributed by atoms with Gasteiger partial charge in [0.15, 0.2) is 11.6 Å². The van der Waals surface area contributed by atoms with Gasteiger partial charge in [-0.15, -0.1) is 0 Å². The fourth-order valence-electron chi connectivity index (χ4n) is 3.54. The Kier molecular flexibility index (Phi) is 5.48. The number of rotatable bonds is 4. The van der Waals surface area contributed by atoms with E-state index in [9.17, 15) is 13.2 Å². The van der Waals surface area contributed by atoms with Gasteiger partial charge in [0.05, 0.1) is 6.61 Å². The lowest BCUT2D eigenvalue weighted by Crippen LogP contribution is -2.60. The second-order valence-electron chi connectivity index (χ2n) is 9.12. The molecule has 0 radical (unpaired) electrons. The fourth-order valence-corrected chi connectivity index (χ4v) is 4.16. The summed E-state index contributed by atoms with van der Waals surface area (Å²) in [5.74, 6) is -3.49. The minimum Gasteiger partial charge on any atom is -0.443 e. The highest BCUT2D eigenvalue weighted by molar-refractivity contribution is 7.85. The normalized spacial score (nSPS) is 35.6. The lowest BCUT2D eigenvalue weighted by atomic mass is 9.98. The van der Waals surface area contributed by atoms with Crippen LogP contribution in [0.25, 0.3) is 0 Å². The van der Waals surface area contributed by atoms with Gasteiger partial charge in [0.1, 0.15) is 30.5 Å². The summed E-state index contributed by atoms with van der Waals surface area (Å²) in [6.07, 6.45) is -2.92. The van der Waals surface area contributed by atoms with Gasteiger partial charge in [-0.05, 0) is 48.5 Å². The minimum absolute atomic E-state index is 0.0902. The van der Waals surface area contributed by atoms with Gasteiger partial charge in [0.2, 0.25) is 5.79 Å². The Morgan fingerprint density at radius 1 is 1.10 bits per heavy atom. The summed E-state index contributed by atoms with van der Waals surface area (Å²) < 4.78 is 65.4. The van der Waals surface area contributed by atoms with Crippen molar-refractivity contribution in [3.63, 3.8) is 0 Å². The Morgan fingerprint density at radius 2 is 1.76 bits per heavy atom. The average molecular weight is 439 g/mol. The van der Waals surface area contributed by atoms with Gasteiger partial charge < -0.3 is 28.4 Å². The highest BCUT2D eigenvalue weighted by Gasteiger charge is 2.65. The smallest absolute Gasteiger partial charge is 0.423 e. The molecule has 168 valence electrons. The van der Waals surface area contributed by atoms with E-state index >= 15 is 0 Å². The van der Waals surface area contributed by atoms with Crippen molar-refractivity contribution in [3.8, 4) is 0 Å². The maximum Gasteiger partial charge on any atom is 0.423 e. The number of amides is 1. The van der Waals surface area contributed by atoms with Gasteiger partial charge in [0, 0.05) is 0 Å². The Balaban J connectivity index is 1.72. The molecule has 3 rings (SSSR count). The molecule has 0 saturated carbocycles. The number of hydrogen-bond donors (Lipinski definition) is 1. The maximum atomic E-state index is 12.2. The van der Waals surface area contributed by atoms with Crippen molar-refractivity contribution in [1.82, 2.24) is 4.72 Å². The van der Waals surface area contributed by atoms with Crippen LogP contribution in [0.4, 0.5) is 4.79 Å². The Hall–Kier alpha value is -1.02. The monoisotopic (exact) mass is 439 g/mol. The van der Waals surface area contributed by atoms with E-state index in [2.05, 4.69) is 0 Å². The number of hydrogen-bond acceptors (Lipinski definition) is 10. The van der Waals surface area contributed by atoms with E-state index in [1.165, 1.54) is 0 Å². The van der Waals surface area contributed by atoms with Crippen molar-refractivity contribution >= 4 is 16.4 Å². The van der Waals surface area contributed by atoms with Crippen LogP contribution in [0.1, 0.15) is 48.5 Å². The third-order valence-electron chi connectivity index (χ3n) is 4.30. The topological polar surface area (TPSA) is 128 Å². The zero-order valence-electron chi connectivity index (χ0n) is 17.6. The molecule has 3 saturated heterocycles. The molecular weight excluding hydrogens is 410 g/mol. The van der Waals surface area contributed by atoms with E-state index in [0.29, 0.717) is 0 Å². The second-order valence-corrected chi connectivity index (χ2v) is 10.5. The van der Waals surface area contributed by atoms with Crippen LogP contribution in [-0.4, -0.2) is 69.0 Å². The van der Waals surface area contributed by atoms with Crippen LogP contribution in [0.2, 0.25) is 0 Å². The first-order valence-corrected chi connectivity index (χ1v) is 10.7. The fraction of sp³-hybridized carbons (Fsp3) is 0.941. The van der Waals surface area contributed by atoms with Gasteiger partial charge in [0.25, 0.3) is 0 Å².